The van der Waals surface area contributed by atoms with Crippen molar-refractivity contribution in [2.24, 2.45) is 0 Å². The van der Waals surface area contributed by atoms with E-state index in [1.54, 1.807) is 18.6 Å². The fourth-order valence-corrected chi connectivity index (χ4v) is 4.88. The Morgan fingerprint density at radius 2 is 0.667 bits per heavy atom. The maximum absolute atomic E-state index is 4.42. The van der Waals surface area contributed by atoms with E-state index in [9.17, 15) is 0 Å². The molecule has 4 aromatic carbocycles. The van der Waals surface area contributed by atoms with Gasteiger partial charge in [0.1, 0.15) is 0 Å². The van der Waals surface area contributed by atoms with Gasteiger partial charge in [0.05, 0.1) is 17.1 Å². The molecule has 0 aliphatic heterocycles. The van der Waals surface area contributed by atoms with Gasteiger partial charge in [0.2, 0.25) is 0 Å². The molecule has 3 heterocycles. The summed E-state index contributed by atoms with van der Waals surface area (Å²) < 4.78 is 5.65. The number of aromatic nitrogens is 6. The summed E-state index contributed by atoms with van der Waals surface area (Å²) in [7, 11) is 0. The second-order valence-corrected chi connectivity index (χ2v) is 9.30. The summed E-state index contributed by atoms with van der Waals surface area (Å²) in [5, 5.41) is 13.3. The Morgan fingerprint density at radius 3 is 0.949 bits per heavy atom. The summed E-state index contributed by atoms with van der Waals surface area (Å²) in [5.74, 6) is 0. The molecule has 0 N–H and O–H groups in total. The Balaban J connectivity index is 1.39. The van der Waals surface area contributed by atoms with Crippen LogP contribution < -0.4 is 0 Å². The van der Waals surface area contributed by atoms with Gasteiger partial charge in [-0.3, -0.25) is 0 Å². The van der Waals surface area contributed by atoms with Crippen LogP contribution in [0.2, 0.25) is 0 Å². The molecule has 6 heteroatoms. The summed E-state index contributed by atoms with van der Waals surface area (Å²) in [6.45, 7) is 0. The van der Waals surface area contributed by atoms with Gasteiger partial charge in [-0.15, -0.1) is 0 Å². The molecular formula is C33H24N6. The van der Waals surface area contributed by atoms with E-state index in [1.807, 2.05) is 50.8 Å². The Labute approximate surface area is 226 Å². The third kappa shape index (κ3) is 4.55. The van der Waals surface area contributed by atoms with Crippen molar-refractivity contribution in [2.45, 2.75) is 0 Å². The van der Waals surface area contributed by atoms with Crippen LogP contribution in [0.3, 0.4) is 0 Å². The van der Waals surface area contributed by atoms with Crippen LogP contribution in [0.4, 0.5) is 0 Å². The van der Waals surface area contributed by atoms with E-state index in [2.05, 4.69) is 106 Å². The lowest BCUT2D eigenvalue weighted by molar-refractivity contribution is 0.881. The van der Waals surface area contributed by atoms with Crippen LogP contribution in [0.25, 0.3) is 50.4 Å². The molecule has 7 rings (SSSR count). The molecule has 0 amide bonds. The van der Waals surface area contributed by atoms with E-state index in [0.717, 1.165) is 50.4 Å². The minimum absolute atomic E-state index is 1.02. The van der Waals surface area contributed by atoms with Gasteiger partial charge < -0.3 is 0 Å². The second kappa shape index (κ2) is 9.76. The van der Waals surface area contributed by atoms with Crippen LogP contribution in [0.1, 0.15) is 0 Å². The zero-order valence-corrected chi connectivity index (χ0v) is 21.0. The van der Waals surface area contributed by atoms with Gasteiger partial charge in [0.25, 0.3) is 0 Å². The molecule has 0 bridgehead atoms. The van der Waals surface area contributed by atoms with Crippen molar-refractivity contribution in [2.75, 3.05) is 0 Å². The third-order valence-electron chi connectivity index (χ3n) is 6.78. The molecule has 0 radical (unpaired) electrons. The van der Waals surface area contributed by atoms with Gasteiger partial charge in [-0.2, -0.15) is 15.3 Å². The van der Waals surface area contributed by atoms with Crippen LogP contribution in [0.5, 0.6) is 0 Å². The average molecular weight is 505 g/mol. The van der Waals surface area contributed by atoms with Crippen molar-refractivity contribution in [3.05, 3.63) is 146 Å². The van der Waals surface area contributed by atoms with Gasteiger partial charge in [-0.1, -0.05) is 36.4 Å². The molecule has 7 aromatic rings. The van der Waals surface area contributed by atoms with Crippen LogP contribution in [-0.4, -0.2) is 29.3 Å². The maximum Gasteiger partial charge on any atom is 0.0651 e. The van der Waals surface area contributed by atoms with Crippen LogP contribution in [0.15, 0.2) is 146 Å². The highest BCUT2D eigenvalue weighted by Gasteiger charge is 2.11. The van der Waals surface area contributed by atoms with Crippen molar-refractivity contribution in [3.8, 4) is 50.4 Å². The molecule has 0 saturated heterocycles. The zero-order chi connectivity index (χ0) is 26.0. The predicted octanol–water partition coefficient (Wildman–Crippen LogP) is 7.24. The summed E-state index contributed by atoms with van der Waals surface area (Å²) >= 11 is 0. The molecule has 0 aliphatic carbocycles. The van der Waals surface area contributed by atoms with Crippen molar-refractivity contribution < 1.29 is 0 Å². The van der Waals surface area contributed by atoms with Gasteiger partial charge in [-0.25, -0.2) is 14.0 Å². The second-order valence-electron chi connectivity index (χ2n) is 9.30. The van der Waals surface area contributed by atoms with Crippen LogP contribution >= 0.6 is 0 Å². The molecule has 0 saturated carbocycles. The summed E-state index contributed by atoms with van der Waals surface area (Å²) in [6, 6.07) is 38.0. The minimum Gasteiger partial charge on any atom is -0.241 e. The highest BCUT2D eigenvalue weighted by molar-refractivity contribution is 5.82. The van der Waals surface area contributed by atoms with Gasteiger partial charge in [0, 0.05) is 37.2 Å². The normalized spacial score (nSPS) is 11.1. The average Bonchev–Trinajstić information content (AvgIpc) is 3.81. The summed E-state index contributed by atoms with van der Waals surface area (Å²) in [4.78, 5) is 0. The smallest absolute Gasteiger partial charge is 0.0651 e. The molecule has 6 nitrogen and oxygen atoms in total. The molecular weight excluding hydrogens is 480 g/mol. The van der Waals surface area contributed by atoms with E-state index < -0.39 is 0 Å². The monoisotopic (exact) mass is 504 g/mol. The topological polar surface area (TPSA) is 53.5 Å². The summed E-state index contributed by atoms with van der Waals surface area (Å²) in [5.41, 5.74) is 9.82. The molecule has 0 unspecified atom stereocenters. The maximum atomic E-state index is 4.42. The third-order valence-corrected chi connectivity index (χ3v) is 6.78. The Morgan fingerprint density at radius 1 is 0.333 bits per heavy atom. The first kappa shape index (κ1) is 22.7. The minimum atomic E-state index is 1.02. The molecule has 0 aliphatic rings. The standard InChI is InChI=1S/C33H24N6/c1-7-25(22-31(10-1)37-16-4-13-34-37)28-19-29(26-8-2-11-32(23-26)38-17-5-14-35-38)21-30(20-28)27-9-3-12-33(24-27)39-18-6-15-36-39/h1-24H. The van der Waals surface area contributed by atoms with E-state index in [1.165, 1.54) is 0 Å². The van der Waals surface area contributed by atoms with Crippen molar-refractivity contribution >= 4 is 0 Å². The first-order valence-corrected chi connectivity index (χ1v) is 12.8. The van der Waals surface area contributed by atoms with E-state index in [4.69, 9.17) is 0 Å². The van der Waals surface area contributed by atoms with Gasteiger partial charge in [-0.05, 0) is 106 Å². The number of nitrogens with zero attached hydrogens (tertiary/aromatic N) is 6. The molecule has 39 heavy (non-hydrogen) atoms. The van der Waals surface area contributed by atoms with Gasteiger partial charge in [0.15, 0.2) is 0 Å². The van der Waals surface area contributed by atoms with Crippen molar-refractivity contribution in [1.29, 1.82) is 0 Å². The number of hydrogen-bond acceptors (Lipinski definition) is 3. The fourth-order valence-electron chi connectivity index (χ4n) is 4.88. The van der Waals surface area contributed by atoms with Crippen molar-refractivity contribution in [1.82, 2.24) is 29.3 Å². The molecule has 0 atom stereocenters. The van der Waals surface area contributed by atoms with E-state index >= 15 is 0 Å². The summed E-state index contributed by atoms with van der Waals surface area (Å²) in [6.07, 6.45) is 11.3. The largest absolute Gasteiger partial charge is 0.241 e. The van der Waals surface area contributed by atoms with Crippen LogP contribution in [0, 0.1) is 0 Å². The van der Waals surface area contributed by atoms with Gasteiger partial charge >= 0.3 is 0 Å². The number of hydrogen-bond donors (Lipinski definition) is 0. The molecule has 3 aromatic heterocycles. The number of rotatable bonds is 6. The first-order valence-electron chi connectivity index (χ1n) is 12.8. The quantitative estimate of drug-likeness (QED) is 0.240. The Kier molecular flexibility index (Phi) is 5.68. The SMILES string of the molecule is c1cc(-c2cc(-c3cccc(-n4cccn4)c3)cc(-c3cccc(-n4cccn4)c3)c2)cc(-n2cccn2)c1. The highest BCUT2D eigenvalue weighted by Crippen LogP contribution is 2.34. The lowest BCUT2D eigenvalue weighted by Gasteiger charge is -2.14. The molecule has 186 valence electrons. The van der Waals surface area contributed by atoms with E-state index in [-0.39, 0.29) is 0 Å². The first-order chi connectivity index (χ1) is 19.3. The fraction of sp³-hybridized carbons (Fsp3) is 0. The Hall–Kier alpha value is -5.49. The van der Waals surface area contributed by atoms with Crippen molar-refractivity contribution in [3.63, 3.8) is 0 Å². The lowest BCUT2D eigenvalue weighted by atomic mass is 9.93. The zero-order valence-electron chi connectivity index (χ0n) is 21.0. The highest BCUT2D eigenvalue weighted by atomic mass is 15.3. The molecule has 0 spiro atoms. The van der Waals surface area contributed by atoms with Crippen LogP contribution in [-0.2, 0) is 0 Å². The predicted molar refractivity (Wildman–Crippen MR) is 154 cm³/mol. The Bertz CT molecular complexity index is 1620. The number of benzene rings is 4. The molecule has 0 fully saturated rings. The van der Waals surface area contributed by atoms with E-state index in [0.29, 0.717) is 0 Å². The lowest BCUT2D eigenvalue weighted by Crippen LogP contribution is -1.96.